The van der Waals surface area contributed by atoms with Gasteiger partial charge in [-0.05, 0) is 37.5 Å². The summed E-state index contributed by atoms with van der Waals surface area (Å²) in [7, 11) is -3.66. The Morgan fingerprint density at radius 2 is 2.10 bits per heavy atom. The lowest BCUT2D eigenvalue weighted by molar-refractivity contribution is 0.186. The van der Waals surface area contributed by atoms with Crippen molar-refractivity contribution in [3.8, 4) is 0 Å². The Kier molecular flexibility index (Phi) is 5.29. The molecule has 0 aliphatic carbocycles. The fraction of sp³-hybridized carbons (Fsp3) is 0.571. The molecule has 2 rings (SSSR count). The van der Waals surface area contributed by atoms with Crippen molar-refractivity contribution in [2.24, 2.45) is 0 Å². The summed E-state index contributed by atoms with van der Waals surface area (Å²) >= 11 is 3.30. The number of benzene rings is 1. The number of halogens is 1. The number of anilines is 1. The standard InChI is InChI=1S/C14H21BrN2O3S/c1-10-13(16)7-11(15)8-14(10)21(19,20)17-6-4-2-3-5-12(17)9-18/h7-8,12,18H,2-6,9,16H2,1H3. The second-order valence-electron chi connectivity index (χ2n) is 5.42. The zero-order chi connectivity index (χ0) is 15.6. The lowest BCUT2D eigenvalue weighted by Gasteiger charge is -2.28. The van der Waals surface area contributed by atoms with Gasteiger partial charge in [-0.1, -0.05) is 28.8 Å². The van der Waals surface area contributed by atoms with Crippen molar-refractivity contribution in [1.82, 2.24) is 4.31 Å². The topological polar surface area (TPSA) is 83.6 Å². The highest BCUT2D eigenvalue weighted by Gasteiger charge is 2.33. The maximum absolute atomic E-state index is 13.0. The van der Waals surface area contributed by atoms with Crippen molar-refractivity contribution < 1.29 is 13.5 Å². The van der Waals surface area contributed by atoms with E-state index in [4.69, 9.17) is 5.73 Å². The molecule has 0 spiro atoms. The highest BCUT2D eigenvalue weighted by Crippen LogP contribution is 2.31. The van der Waals surface area contributed by atoms with Crippen LogP contribution < -0.4 is 5.73 Å². The molecule has 1 unspecified atom stereocenters. The van der Waals surface area contributed by atoms with Crippen molar-refractivity contribution >= 4 is 31.6 Å². The van der Waals surface area contributed by atoms with Crippen LogP contribution in [0.15, 0.2) is 21.5 Å². The number of aliphatic hydroxyl groups is 1. The minimum atomic E-state index is -3.66. The molecule has 1 aromatic carbocycles. The van der Waals surface area contributed by atoms with Crippen LogP contribution in [0.3, 0.4) is 0 Å². The Balaban J connectivity index is 2.50. The first kappa shape index (κ1) is 16.7. The number of sulfonamides is 1. The maximum atomic E-state index is 13.0. The third-order valence-electron chi connectivity index (χ3n) is 3.99. The monoisotopic (exact) mass is 376 g/mol. The summed E-state index contributed by atoms with van der Waals surface area (Å²) in [6.07, 6.45) is 3.44. The summed E-state index contributed by atoms with van der Waals surface area (Å²) in [6, 6.07) is 2.93. The van der Waals surface area contributed by atoms with Crippen LogP contribution in [-0.2, 0) is 10.0 Å². The summed E-state index contributed by atoms with van der Waals surface area (Å²) in [5, 5.41) is 9.54. The Morgan fingerprint density at radius 3 is 2.76 bits per heavy atom. The normalized spacial score (nSPS) is 21.2. The van der Waals surface area contributed by atoms with Crippen molar-refractivity contribution in [2.75, 3.05) is 18.9 Å². The van der Waals surface area contributed by atoms with Crippen LogP contribution >= 0.6 is 15.9 Å². The quantitative estimate of drug-likeness (QED) is 0.792. The van der Waals surface area contributed by atoms with E-state index >= 15 is 0 Å². The van der Waals surface area contributed by atoms with E-state index in [-0.39, 0.29) is 17.5 Å². The van der Waals surface area contributed by atoms with Gasteiger partial charge in [-0.25, -0.2) is 8.42 Å². The van der Waals surface area contributed by atoms with Gasteiger partial charge < -0.3 is 10.8 Å². The van der Waals surface area contributed by atoms with Gasteiger partial charge in [-0.3, -0.25) is 0 Å². The van der Waals surface area contributed by atoms with E-state index in [1.54, 1.807) is 19.1 Å². The number of nitrogen functional groups attached to an aromatic ring is 1. The molecule has 0 bridgehead atoms. The highest BCUT2D eigenvalue weighted by molar-refractivity contribution is 9.10. The molecule has 0 aromatic heterocycles. The van der Waals surface area contributed by atoms with Crippen LogP contribution in [0.5, 0.6) is 0 Å². The molecule has 0 radical (unpaired) electrons. The minimum absolute atomic E-state index is 0.151. The number of hydrogen-bond acceptors (Lipinski definition) is 4. The molecule has 1 fully saturated rings. The molecule has 0 amide bonds. The minimum Gasteiger partial charge on any atom is -0.398 e. The molecule has 5 nitrogen and oxygen atoms in total. The van der Waals surface area contributed by atoms with Gasteiger partial charge in [0.1, 0.15) is 0 Å². The van der Waals surface area contributed by atoms with E-state index in [1.807, 2.05) is 0 Å². The Bertz CT molecular complexity index is 619. The molecule has 21 heavy (non-hydrogen) atoms. The molecule has 1 atom stereocenters. The number of rotatable bonds is 3. The van der Waals surface area contributed by atoms with Gasteiger partial charge >= 0.3 is 0 Å². The van der Waals surface area contributed by atoms with E-state index in [0.29, 0.717) is 28.7 Å². The molecular weight excluding hydrogens is 356 g/mol. The largest absolute Gasteiger partial charge is 0.398 e. The Labute approximate surface area is 134 Å². The summed E-state index contributed by atoms with van der Waals surface area (Å²) in [5.41, 5.74) is 6.88. The first-order valence-electron chi connectivity index (χ1n) is 7.06. The van der Waals surface area contributed by atoms with Crippen LogP contribution in [0.1, 0.15) is 31.2 Å². The SMILES string of the molecule is Cc1c(N)cc(Br)cc1S(=O)(=O)N1CCCCCC1CO. The van der Waals surface area contributed by atoms with Gasteiger partial charge in [0.05, 0.1) is 11.5 Å². The first-order valence-corrected chi connectivity index (χ1v) is 9.29. The summed E-state index contributed by atoms with van der Waals surface area (Å²) in [4.78, 5) is 0.217. The predicted octanol–water partition coefficient (Wildman–Crippen LogP) is 2.27. The van der Waals surface area contributed by atoms with Gasteiger partial charge in [-0.15, -0.1) is 0 Å². The van der Waals surface area contributed by atoms with Gasteiger partial charge in [0.15, 0.2) is 0 Å². The van der Waals surface area contributed by atoms with Crippen LogP contribution in [0, 0.1) is 6.92 Å². The van der Waals surface area contributed by atoms with E-state index in [2.05, 4.69) is 15.9 Å². The second kappa shape index (κ2) is 6.64. The van der Waals surface area contributed by atoms with E-state index in [0.717, 1.165) is 19.3 Å². The van der Waals surface area contributed by atoms with Crippen molar-refractivity contribution in [3.05, 3.63) is 22.2 Å². The van der Waals surface area contributed by atoms with Crippen LogP contribution in [0.25, 0.3) is 0 Å². The summed E-state index contributed by atoms with van der Waals surface area (Å²) < 4.78 is 28.0. The average molecular weight is 377 g/mol. The number of nitrogens with zero attached hydrogens (tertiary/aromatic N) is 1. The van der Waals surface area contributed by atoms with Crippen molar-refractivity contribution in [2.45, 2.75) is 43.5 Å². The van der Waals surface area contributed by atoms with Gasteiger partial charge in [0.25, 0.3) is 0 Å². The molecule has 118 valence electrons. The smallest absolute Gasteiger partial charge is 0.243 e. The van der Waals surface area contributed by atoms with Gasteiger partial charge in [0.2, 0.25) is 10.0 Å². The maximum Gasteiger partial charge on any atom is 0.243 e. The second-order valence-corrected chi connectivity index (χ2v) is 8.19. The fourth-order valence-electron chi connectivity index (χ4n) is 2.72. The van der Waals surface area contributed by atoms with Crippen LogP contribution in [-0.4, -0.2) is 37.0 Å². The molecule has 1 heterocycles. The zero-order valence-corrected chi connectivity index (χ0v) is 14.5. The molecule has 7 heteroatoms. The average Bonchev–Trinajstić information content (AvgIpc) is 2.68. The van der Waals surface area contributed by atoms with Crippen LogP contribution in [0.2, 0.25) is 0 Å². The Morgan fingerprint density at radius 1 is 1.38 bits per heavy atom. The summed E-state index contributed by atoms with van der Waals surface area (Å²) in [6.45, 7) is 2.00. The van der Waals surface area contributed by atoms with E-state index in [1.165, 1.54) is 4.31 Å². The number of hydrogen-bond donors (Lipinski definition) is 2. The van der Waals surface area contributed by atoms with E-state index < -0.39 is 10.0 Å². The number of aliphatic hydroxyl groups excluding tert-OH is 1. The Hall–Kier alpha value is -0.630. The molecule has 3 N–H and O–H groups in total. The predicted molar refractivity (Wildman–Crippen MR) is 86.5 cm³/mol. The molecule has 1 aliphatic heterocycles. The first-order chi connectivity index (χ1) is 9.87. The zero-order valence-electron chi connectivity index (χ0n) is 12.0. The fourth-order valence-corrected chi connectivity index (χ4v) is 5.31. The lowest BCUT2D eigenvalue weighted by Crippen LogP contribution is -2.42. The highest BCUT2D eigenvalue weighted by atomic mass is 79.9. The lowest BCUT2D eigenvalue weighted by atomic mass is 10.1. The van der Waals surface area contributed by atoms with E-state index in [9.17, 15) is 13.5 Å². The molecule has 1 saturated heterocycles. The van der Waals surface area contributed by atoms with Crippen molar-refractivity contribution in [1.29, 1.82) is 0 Å². The van der Waals surface area contributed by atoms with Gasteiger partial charge in [0, 0.05) is 22.7 Å². The molecule has 1 aromatic rings. The number of nitrogens with two attached hydrogens (primary N) is 1. The van der Waals surface area contributed by atoms with Gasteiger partial charge in [-0.2, -0.15) is 4.31 Å². The van der Waals surface area contributed by atoms with Crippen molar-refractivity contribution in [3.63, 3.8) is 0 Å². The summed E-state index contributed by atoms with van der Waals surface area (Å²) in [5.74, 6) is 0. The molecule has 0 saturated carbocycles. The van der Waals surface area contributed by atoms with Crippen LogP contribution in [0.4, 0.5) is 5.69 Å². The molecule has 1 aliphatic rings. The third kappa shape index (κ3) is 3.41. The third-order valence-corrected chi connectivity index (χ3v) is 6.52. The molecular formula is C14H21BrN2O3S.